The molecule has 35 heavy (non-hydrogen) atoms. The van der Waals surface area contributed by atoms with Gasteiger partial charge in [-0.2, -0.15) is 0 Å². The molecule has 13 heteroatoms. The summed E-state index contributed by atoms with van der Waals surface area (Å²) in [6.45, 7) is 1.12. The largest absolute Gasteiger partial charge is 0.480 e. The number of carboxylic acid groups (broad SMARTS) is 1. The zero-order valence-corrected chi connectivity index (χ0v) is 20.2. The first-order chi connectivity index (χ1) is 16.6. The Balaban J connectivity index is 2.96. The van der Waals surface area contributed by atoms with Gasteiger partial charge in [0.1, 0.15) is 18.1 Å². The molecule has 0 aliphatic carbocycles. The summed E-state index contributed by atoms with van der Waals surface area (Å²) in [4.78, 5) is 62.9. The molecule has 1 fully saturated rings. The van der Waals surface area contributed by atoms with Gasteiger partial charge in [0.15, 0.2) is 0 Å². The van der Waals surface area contributed by atoms with Crippen LogP contribution < -0.4 is 33.6 Å². The van der Waals surface area contributed by atoms with Gasteiger partial charge >= 0.3 is 5.97 Å². The Morgan fingerprint density at radius 2 is 1.49 bits per heavy atom. The molecule has 4 unspecified atom stereocenters. The average Bonchev–Trinajstić information content (AvgIpc) is 3.31. The maximum atomic E-state index is 13.1. The highest BCUT2D eigenvalue weighted by Gasteiger charge is 2.38. The predicted octanol–water partition coefficient (Wildman–Crippen LogP) is -2.12. The number of hydrogen-bond acceptors (Lipinski definition) is 8. The lowest BCUT2D eigenvalue weighted by Gasteiger charge is -2.29. The molecular weight excluding hydrogens is 458 g/mol. The first-order valence-corrected chi connectivity index (χ1v) is 12.2. The highest BCUT2D eigenvalue weighted by Crippen LogP contribution is 2.20. The Morgan fingerprint density at radius 1 is 0.886 bits per heavy atom. The van der Waals surface area contributed by atoms with Crippen LogP contribution in [0, 0.1) is 0 Å². The third kappa shape index (κ3) is 10.6. The minimum absolute atomic E-state index is 0.0924. The Morgan fingerprint density at radius 3 is 2.06 bits per heavy atom. The van der Waals surface area contributed by atoms with Crippen molar-refractivity contribution in [3.63, 3.8) is 0 Å². The fourth-order valence-electron chi connectivity index (χ4n) is 3.98. The molecule has 0 aromatic carbocycles. The fourth-order valence-corrected chi connectivity index (χ4v) is 3.98. The van der Waals surface area contributed by atoms with Gasteiger partial charge in [-0.25, -0.2) is 4.79 Å². The summed E-state index contributed by atoms with van der Waals surface area (Å²) in [5, 5.41) is 14.7. The van der Waals surface area contributed by atoms with E-state index in [0.29, 0.717) is 51.6 Å². The van der Waals surface area contributed by atoms with Crippen molar-refractivity contribution in [3.8, 4) is 0 Å². The molecule has 1 rings (SSSR count). The van der Waals surface area contributed by atoms with Crippen LogP contribution in [-0.2, 0) is 24.0 Å². The first kappa shape index (κ1) is 30.3. The van der Waals surface area contributed by atoms with Gasteiger partial charge < -0.3 is 43.6 Å². The molecule has 1 aliphatic rings. The second kappa shape index (κ2) is 16.0. The van der Waals surface area contributed by atoms with E-state index in [1.165, 1.54) is 4.90 Å². The molecule has 0 bridgehead atoms. The quantitative estimate of drug-likeness (QED) is 0.108. The van der Waals surface area contributed by atoms with Gasteiger partial charge in [0.2, 0.25) is 23.6 Å². The monoisotopic (exact) mass is 499 g/mol. The number of unbranched alkanes of at least 4 members (excludes halogenated alkanes) is 2. The van der Waals surface area contributed by atoms with Gasteiger partial charge in [0.25, 0.3) is 0 Å². The van der Waals surface area contributed by atoms with Gasteiger partial charge in [0.05, 0.1) is 6.04 Å². The Kier molecular flexibility index (Phi) is 13.8. The molecule has 0 radical (unpaired) electrons. The number of primary amides is 1. The minimum atomic E-state index is -1.16. The highest BCUT2D eigenvalue weighted by atomic mass is 16.4. The molecule has 200 valence electrons. The number of likely N-dealkylation sites (tertiary alicyclic amines) is 1. The predicted molar refractivity (Wildman–Crippen MR) is 128 cm³/mol. The number of nitrogens with zero attached hydrogens (tertiary/aromatic N) is 1. The van der Waals surface area contributed by atoms with Crippen molar-refractivity contribution in [1.82, 2.24) is 15.5 Å². The summed E-state index contributed by atoms with van der Waals surface area (Å²) >= 11 is 0. The van der Waals surface area contributed by atoms with Crippen LogP contribution in [0.15, 0.2) is 0 Å². The number of aliphatic carboxylic acids is 1. The Bertz CT molecular complexity index is 735. The van der Waals surface area contributed by atoms with E-state index in [9.17, 15) is 29.1 Å². The topological polar surface area (TPSA) is 237 Å². The van der Waals surface area contributed by atoms with Crippen LogP contribution in [0.25, 0.3) is 0 Å². The number of carboxylic acids is 1. The minimum Gasteiger partial charge on any atom is -0.480 e. The van der Waals surface area contributed by atoms with Gasteiger partial charge in [-0.05, 0) is 64.5 Å². The molecule has 0 aromatic heterocycles. The van der Waals surface area contributed by atoms with E-state index in [0.717, 1.165) is 6.42 Å². The molecule has 1 aliphatic heterocycles. The Hall–Kier alpha value is -2.77. The van der Waals surface area contributed by atoms with E-state index in [1.807, 2.05) is 0 Å². The van der Waals surface area contributed by atoms with Crippen molar-refractivity contribution in [1.29, 1.82) is 0 Å². The van der Waals surface area contributed by atoms with Crippen LogP contribution in [0.3, 0.4) is 0 Å². The summed E-state index contributed by atoms with van der Waals surface area (Å²) < 4.78 is 0. The van der Waals surface area contributed by atoms with Gasteiger partial charge in [0, 0.05) is 13.0 Å². The lowest BCUT2D eigenvalue weighted by atomic mass is 10.0. The summed E-state index contributed by atoms with van der Waals surface area (Å²) in [6.07, 6.45) is 3.77. The van der Waals surface area contributed by atoms with Crippen molar-refractivity contribution >= 4 is 29.6 Å². The number of carbonyl (C=O) groups excluding carboxylic acids is 4. The zero-order valence-electron chi connectivity index (χ0n) is 20.2. The molecule has 0 saturated carbocycles. The summed E-state index contributed by atoms with van der Waals surface area (Å²) in [5.74, 6) is -3.52. The second-order valence-corrected chi connectivity index (χ2v) is 8.83. The van der Waals surface area contributed by atoms with Crippen molar-refractivity contribution in [3.05, 3.63) is 0 Å². The molecular formula is C22H41N7O6. The zero-order chi connectivity index (χ0) is 26.4. The number of rotatable bonds is 17. The normalized spacial score (nSPS) is 17.9. The molecule has 0 aromatic rings. The lowest BCUT2D eigenvalue weighted by molar-refractivity contribution is -0.149. The highest BCUT2D eigenvalue weighted by molar-refractivity contribution is 5.94. The number of amides is 4. The van der Waals surface area contributed by atoms with Crippen LogP contribution in [0.4, 0.5) is 0 Å². The van der Waals surface area contributed by atoms with Gasteiger partial charge in [-0.1, -0.05) is 6.42 Å². The van der Waals surface area contributed by atoms with Crippen molar-refractivity contribution in [2.45, 2.75) is 88.4 Å². The SMILES string of the molecule is NCCCCC(N)C(=O)NC(CCCCN)C(=O)NC(CCC(N)=O)C(=O)N1CCCC1C(=O)O. The lowest BCUT2D eigenvalue weighted by Crippen LogP contribution is -2.57. The molecule has 1 saturated heterocycles. The molecule has 4 amide bonds. The third-order valence-corrected chi connectivity index (χ3v) is 6.00. The van der Waals surface area contributed by atoms with E-state index in [-0.39, 0.29) is 25.8 Å². The van der Waals surface area contributed by atoms with Crippen molar-refractivity contribution in [2.24, 2.45) is 22.9 Å². The van der Waals surface area contributed by atoms with E-state index in [1.54, 1.807) is 0 Å². The first-order valence-electron chi connectivity index (χ1n) is 12.2. The fraction of sp³-hybridized carbons (Fsp3) is 0.773. The summed E-state index contributed by atoms with van der Waals surface area (Å²) in [5.41, 5.74) is 22.2. The van der Waals surface area contributed by atoms with Crippen LogP contribution in [0.1, 0.15) is 64.2 Å². The smallest absolute Gasteiger partial charge is 0.326 e. The number of carbonyl (C=O) groups is 5. The third-order valence-electron chi connectivity index (χ3n) is 6.00. The molecule has 0 spiro atoms. The van der Waals surface area contributed by atoms with Crippen LogP contribution in [-0.4, -0.2) is 83.4 Å². The van der Waals surface area contributed by atoms with Gasteiger partial charge in [-0.15, -0.1) is 0 Å². The van der Waals surface area contributed by atoms with E-state index >= 15 is 0 Å². The number of nitrogens with one attached hydrogen (secondary N) is 2. The summed E-state index contributed by atoms with van der Waals surface area (Å²) in [6, 6.07) is -3.96. The van der Waals surface area contributed by atoms with E-state index < -0.39 is 53.8 Å². The van der Waals surface area contributed by atoms with E-state index in [4.69, 9.17) is 22.9 Å². The standard InChI is InChI=1S/C22H41N7O6/c23-11-3-1-6-14(25)19(31)27-15(7-2-4-12-24)20(32)28-16(9-10-18(26)30)21(33)29-13-5-8-17(29)22(34)35/h14-17H,1-13,23-25H2,(H2,26,30)(H,27,31)(H,28,32)(H,34,35). The second-order valence-electron chi connectivity index (χ2n) is 8.83. The van der Waals surface area contributed by atoms with Crippen molar-refractivity contribution in [2.75, 3.05) is 19.6 Å². The maximum absolute atomic E-state index is 13.1. The summed E-state index contributed by atoms with van der Waals surface area (Å²) in [7, 11) is 0. The van der Waals surface area contributed by atoms with Crippen LogP contribution in [0.2, 0.25) is 0 Å². The molecule has 11 N–H and O–H groups in total. The van der Waals surface area contributed by atoms with Gasteiger partial charge in [-0.3, -0.25) is 19.2 Å². The molecule has 1 heterocycles. The average molecular weight is 500 g/mol. The molecule has 13 nitrogen and oxygen atoms in total. The van der Waals surface area contributed by atoms with Crippen molar-refractivity contribution < 1.29 is 29.1 Å². The molecule has 4 atom stereocenters. The maximum Gasteiger partial charge on any atom is 0.326 e. The Labute approximate surface area is 205 Å². The number of nitrogens with two attached hydrogens (primary N) is 4. The van der Waals surface area contributed by atoms with Crippen LogP contribution >= 0.6 is 0 Å². The van der Waals surface area contributed by atoms with Crippen LogP contribution in [0.5, 0.6) is 0 Å². The number of hydrogen-bond donors (Lipinski definition) is 7. The van der Waals surface area contributed by atoms with E-state index in [2.05, 4.69) is 10.6 Å².